The maximum Gasteiger partial charge on any atom is 0.134 e. The lowest BCUT2D eigenvalue weighted by molar-refractivity contribution is 0.0804. The van der Waals surface area contributed by atoms with Crippen molar-refractivity contribution in [2.45, 2.75) is 25.0 Å². The molecule has 0 radical (unpaired) electrons. The van der Waals surface area contributed by atoms with Crippen LogP contribution in [-0.2, 0) is 4.74 Å². The predicted molar refractivity (Wildman–Crippen MR) is 68.8 cm³/mol. The monoisotopic (exact) mass is 255 g/mol. The van der Waals surface area contributed by atoms with E-state index in [1.807, 2.05) is 24.3 Å². The highest BCUT2D eigenvalue weighted by Gasteiger charge is 2.22. The van der Waals surface area contributed by atoms with Gasteiger partial charge < -0.3 is 14.8 Å². The second-order valence-corrected chi connectivity index (χ2v) is 4.77. The Morgan fingerprint density at radius 2 is 2.06 bits per heavy atom. The molecule has 1 aliphatic carbocycles. The molecule has 1 atom stereocenters. The maximum atomic E-state index is 5.84. The normalized spacial score (nSPS) is 16.8. The highest BCUT2D eigenvalue weighted by atomic mass is 35.5. The molecule has 0 aliphatic heterocycles. The van der Waals surface area contributed by atoms with Gasteiger partial charge in [0.15, 0.2) is 0 Å². The lowest BCUT2D eigenvalue weighted by Crippen LogP contribution is -2.35. The fourth-order valence-corrected chi connectivity index (χ4v) is 1.74. The summed E-state index contributed by atoms with van der Waals surface area (Å²) in [6.45, 7) is 1.41. The molecule has 1 N–H and O–H groups in total. The van der Waals surface area contributed by atoms with Crippen molar-refractivity contribution in [3.8, 4) is 5.75 Å². The summed E-state index contributed by atoms with van der Waals surface area (Å²) in [5, 5.41) is 4.16. The zero-order chi connectivity index (χ0) is 12.1. The zero-order valence-electron chi connectivity index (χ0n) is 9.99. The first-order valence-corrected chi connectivity index (χ1v) is 6.30. The minimum atomic E-state index is 0.0433. The molecule has 0 heterocycles. The van der Waals surface area contributed by atoms with Crippen molar-refractivity contribution in [1.82, 2.24) is 5.32 Å². The SMILES string of the molecule is COCC(CNC1CC1)Oc1ccc(Cl)cc1. The molecule has 1 aromatic rings. The van der Waals surface area contributed by atoms with E-state index in [1.165, 1.54) is 12.8 Å². The molecular formula is C13H18ClNO2. The van der Waals surface area contributed by atoms with Crippen LogP contribution in [0.5, 0.6) is 5.75 Å². The van der Waals surface area contributed by atoms with Crippen LogP contribution in [0.15, 0.2) is 24.3 Å². The molecule has 0 aromatic heterocycles. The summed E-state index contributed by atoms with van der Waals surface area (Å²) < 4.78 is 11.0. The minimum Gasteiger partial charge on any atom is -0.487 e. The summed E-state index contributed by atoms with van der Waals surface area (Å²) in [6, 6.07) is 8.09. The lowest BCUT2D eigenvalue weighted by atomic mass is 10.3. The summed E-state index contributed by atoms with van der Waals surface area (Å²) in [5.41, 5.74) is 0. The van der Waals surface area contributed by atoms with Gasteiger partial charge in [-0.15, -0.1) is 0 Å². The summed E-state index contributed by atoms with van der Waals surface area (Å²) >= 11 is 5.83. The van der Waals surface area contributed by atoms with Gasteiger partial charge in [0.05, 0.1) is 6.61 Å². The molecule has 1 saturated carbocycles. The van der Waals surface area contributed by atoms with E-state index in [2.05, 4.69) is 5.32 Å². The number of hydrogen-bond acceptors (Lipinski definition) is 3. The van der Waals surface area contributed by atoms with Crippen molar-refractivity contribution >= 4 is 11.6 Å². The van der Waals surface area contributed by atoms with Crippen molar-refractivity contribution in [3.05, 3.63) is 29.3 Å². The van der Waals surface area contributed by atoms with Gasteiger partial charge >= 0.3 is 0 Å². The van der Waals surface area contributed by atoms with Crippen LogP contribution in [0.4, 0.5) is 0 Å². The van der Waals surface area contributed by atoms with Crippen LogP contribution in [0.3, 0.4) is 0 Å². The fourth-order valence-electron chi connectivity index (χ4n) is 1.61. The second-order valence-electron chi connectivity index (χ2n) is 4.33. The van der Waals surface area contributed by atoms with E-state index < -0.39 is 0 Å². The molecule has 0 saturated heterocycles. The van der Waals surface area contributed by atoms with Crippen LogP contribution in [-0.4, -0.2) is 32.4 Å². The third kappa shape index (κ3) is 4.54. The van der Waals surface area contributed by atoms with Gasteiger partial charge in [-0.3, -0.25) is 0 Å². The van der Waals surface area contributed by atoms with Gasteiger partial charge in [0.1, 0.15) is 11.9 Å². The van der Waals surface area contributed by atoms with Gasteiger partial charge in [0.25, 0.3) is 0 Å². The second kappa shape index (κ2) is 6.24. The number of halogens is 1. The molecule has 17 heavy (non-hydrogen) atoms. The largest absolute Gasteiger partial charge is 0.487 e. The summed E-state index contributed by atoms with van der Waals surface area (Å²) in [6.07, 6.45) is 2.60. The molecule has 1 aromatic carbocycles. The van der Waals surface area contributed by atoms with Crippen molar-refractivity contribution in [1.29, 1.82) is 0 Å². The first kappa shape index (κ1) is 12.7. The molecule has 4 heteroatoms. The van der Waals surface area contributed by atoms with Gasteiger partial charge in [-0.2, -0.15) is 0 Å². The van der Waals surface area contributed by atoms with Crippen LogP contribution in [0.1, 0.15) is 12.8 Å². The number of benzene rings is 1. The van der Waals surface area contributed by atoms with E-state index >= 15 is 0 Å². The number of nitrogens with one attached hydrogen (secondary N) is 1. The van der Waals surface area contributed by atoms with Crippen LogP contribution < -0.4 is 10.1 Å². The average Bonchev–Trinajstić information content (AvgIpc) is 3.13. The van der Waals surface area contributed by atoms with Gasteiger partial charge in [0.2, 0.25) is 0 Å². The Hall–Kier alpha value is -0.770. The Labute approximate surface area is 107 Å². The molecule has 1 aliphatic rings. The van der Waals surface area contributed by atoms with Crippen LogP contribution in [0, 0.1) is 0 Å². The van der Waals surface area contributed by atoms with E-state index in [1.54, 1.807) is 7.11 Å². The average molecular weight is 256 g/mol. The maximum absolute atomic E-state index is 5.84. The molecule has 94 valence electrons. The smallest absolute Gasteiger partial charge is 0.134 e. The molecule has 0 bridgehead atoms. The molecule has 3 nitrogen and oxygen atoms in total. The number of hydrogen-bond donors (Lipinski definition) is 1. The van der Waals surface area contributed by atoms with Crippen LogP contribution in [0.2, 0.25) is 5.02 Å². The molecule has 2 rings (SSSR count). The van der Waals surface area contributed by atoms with Crippen molar-refractivity contribution in [2.24, 2.45) is 0 Å². The van der Waals surface area contributed by atoms with Crippen molar-refractivity contribution in [3.63, 3.8) is 0 Å². The quantitative estimate of drug-likeness (QED) is 0.812. The Balaban J connectivity index is 1.84. The van der Waals surface area contributed by atoms with Crippen LogP contribution in [0.25, 0.3) is 0 Å². The first-order chi connectivity index (χ1) is 8.28. The van der Waals surface area contributed by atoms with Crippen molar-refractivity contribution < 1.29 is 9.47 Å². The van der Waals surface area contributed by atoms with E-state index in [0.29, 0.717) is 12.6 Å². The van der Waals surface area contributed by atoms with E-state index in [4.69, 9.17) is 21.1 Å². The van der Waals surface area contributed by atoms with E-state index in [-0.39, 0.29) is 6.10 Å². The van der Waals surface area contributed by atoms with Gasteiger partial charge in [0, 0.05) is 24.7 Å². The Morgan fingerprint density at radius 1 is 1.35 bits per heavy atom. The van der Waals surface area contributed by atoms with E-state index in [0.717, 1.165) is 17.3 Å². The standard InChI is InChI=1S/C13H18ClNO2/c1-16-9-13(8-15-11-4-5-11)17-12-6-2-10(14)3-7-12/h2-3,6-7,11,13,15H,4-5,8-9H2,1H3. The van der Waals surface area contributed by atoms with E-state index in [9.17, 15) is 0 Å². The first-order valence-electron chi connectivity index (χ1n) is 5.92. The molecule has 0 spiro atoms. The van der Waals surface area contributed by atoms with Gasteiger partial charge in [-0.25, -0.2) is 0 Å². The van der Waals surface area contributed by atoms with Crippen LogP contribution >= 0.6 is 11.6 Å². The topological polar surface area (TPSA) is 30.5 Å². The third-order valence-electron chi connectivity index (χ3n) is 2.68. The zero-order valence-corrected chi connectivity index (χ0v) is 10.7. The molecule has 1 unspecified atom stereocenters. The number of rotatable bonds is 7. The lowest BCUT2D eigenvalue weighted by Gasteiger charge is -2.19. The van der Waals surface area contributed by atoms with Gasteiger partial charge in [-0.05, 0) is 37.1 Å². The Morgan fingerprint density at radius 3 is 2.65 bits per heavy atom. The van der Waals surface area contributed by atoms with Gasteiger partial charge in [-0.1, -0.05) is 11.6 Å². The summed E-state index contributed by atoms with van der Waals surface area (Å²) in [5.74, 6) is 0.828. The molecule has 0 amide bonds. The molecule has 1 fully saturated rings. The highest BCUT2D eigenvalue weighted by Crippen LogP contribution is 2.20. The summed E-state index contributed by atoms with van der Waals surface area (Å²) in [7, 11) is 1.69. The Kier molecular flexibility index (Phi) is 4.66. The highest BCUT2D eigenvalue weighted by molar-refractivity contribution is 6.30. The fraction of sp³-hybridized carbons (Fsp3) is 0.538. The summed E-state index contributed by atoms with van der Waals surface area (Å²) in [4.78, 5) is 0. The third-order valence-corrected chi connectivity index (χ3v) is 2.93. The van der Waals surface area contributed by atoms with Crippen molar-refractivity contribution in [2.75, 3.05) is 20.3 Å². The predicted octanol–water partition coefficient (Wildman–Crippen LogP) is 2.49. The minimum absolute atomic E-state index is 0.0433. The number of ether oxygens (including phenoxy) is 2. The Bertz CT molecular complexity index is 338. The number of methoxy groups -OCH3 is 1. The molecular weight excluding hydrogens is 238 g/mol.